The molecule has 8 nitrogen and oxygen atoms in total. The molecule has 26 heavy (non-hydrogen) atoms. The number of hydrogen-bond donors (Lipinski definition) is 1. The Morgan fingerprint density at radius 2 is 1.92 bits per heavy atom. The molecule has 0 aliphatic heterocycles. The average molecular weight is 362 g/mol. The quantitative estimate of drug-likeness (QED) is 0.721. The molecular weight excluding hydrogens is 340 g/mol. The van der Waals surface area contributed by atoms with E-state index in [1.165, 1.54) is 0 Å². The third kappa shape index (κ3) is 4.53. The number of rotatable bonds is 8. The van der Waals surface area contributed by atoms with Crippen LogP contribution in [0.15, 0.2) is 22.7 Å². The average Bonchev–Trinajstić information content (AvgIpc) is 3.00. The number of aromatic nitrogens is 1. The molecule has 0 bridgehead atoms. The van der Waals surface area contributed by atoms with E-state index in [1.807, 2.05) is 12.1 Å². The van der Waals surface area contributed by atoms with E-state index in [4.69, 9.17) is 18.7 Å². The molecule has 1 heterocycles. The second kappa shape index (κ2) is 8.89. The van der Waals surface area contributed by atoms with Gasteiger partial charge in [0.25, 0.3) is 0 Å². The maximum absolute atomic E-state index is 12.2. The highest BCUT2D eigenvalue weighted by molar-refractivity contribution is 6.00. The van der Waals surface area contributed by atoms with Crippen molar-refractivity contribution in [1.29, 1.82) is 0 Å². The molecule has 1 aromatic heterocycles. The molecule has 0 atom stereocenters. The van der Waals surface area contributed by atoms with Gasteiger partial charge in [-0.3, -0.25) is 10.1 Å². The molecule has 0 fully saturated rings. The van der Waals surface area contributed by atoms with Crippen LogP contribution in [0.3, 0.4) is 0 Å². The number of amides is 1. The van der Waals surface area contributed by atoms with Gasteiger partial charge in [-0.25, -0.2) is 4.79 Å². The van der Waals surface area contributed by atoms with E-state index >= 15 is 0 Å². The molecule has 0 aliphatic carbocycles. The molecule has 0 saturated carbocycles. The van der Waals surface area contributed by atoms with Crippen LogP contribution >= 0.6 is 0 Å². The summed E-state index contributed by atoms with van der Waals surface area (Å²) in [7, 11) is 3.11. The van der Waals surface area contributed by atoms with Crippen LogP contribution in [-0.4, -0.2) is 37.9 Å². The van der Waals surface area contributed by atoms with Crippen LogP contribution in [0.5, 0.6) is 11.5 Å². The van der Waals surface area contributed by atoms with E-state index in [0.717, 1.165) is 5.56 Å². The van der Waals surface area contributed by atoms with E-state index < -0.39 is 5.97 Å². The third-order valence-electron chi connectivity index (χ3n) is 3.68. The largest absolute Gasteiger partial charge is 0.493 e. The molecule has 140 valence electrons. The molecule has 0 spiro atoms. The van der Waals surface area contributed by atoms with Crippen molar-refractivity contribution >= 4 is 17.8 Å². The van der Waals surface area contributed by atoms with Crippen molar-refractivity contribution in [2.45, 2.75) is 26.7 Å². The van der Waals surface area contributed by atoms with Crippen molar-refractivity contribution in [3.05, 3.63) is 35.0 Å². The summed E-state index contributed by atoms with van der Waals surface area (Å²) in [5.41, 5.74) is 1.40. The van der Waals surface area contributed by atoms with Crippen molar-refractivity contribution in [2.75, 3.05) is 26.1 Å². The highest BCUT2D eigenvalue weighted by atomic mass is 16.5. The zero-order chi connectivity index (χ0) is 19.1. The van der Waals surface area contributed by atoms with Gasteiger partial charge < -0.3 is 18.7 Å². The summed E-state index contributed by atoms with van der Waals surface area (Å²) in [4.78, 5) is 24.1. The first-order valence-corrected chi connectivity index (χ1v) is 8.14. The molecule has 1 N–H and O–H groups in total. The molecule has 0 aliphatic rings. The van der Waals surface area contributed by atoms with Gasteiger partial charge >= 0.3 is 5.97 Å². The number of hydrogen-bond acceptors (Lipinski definition) is 7. The van der Waals surface area contributed by atoms with Gasteiger partial charge in [0.05, 0.1) is 26.5 Å². The van der Waals surface area contributed by atoms with Gasteiger partial charge in [-0.15, -0.1) is 0 Å². The fraction of sp³-hybridized carbons (Fsp3) is 0.389. The molecule has 0 unspecified atom stereocenters. The highest BCUT2D eigenvalue weighted by Crippen LogP contribution is 2.28. The van der Waals surface area contributed by atoms with Crippen molar-refractivity contribution in [1.82, 2.24) is 5.16 Å². The van der Waals surface area contributed by atoms with Crippen molar-refractivity contribution in [3.63, 3.8) is 0 Å². The number of nitrogens with zero attached hydrogens (tertiary/aromatic N) is 1. The highest BCUT2D eigenvalue weighted by Gasteiger charge is 2.23. The lowest BCUT2D eigenvalue weighted by molar-refractivity contribution is -0.116. The topological polar surface area (TPSA) is 99.9 Å². The van der Waals surface area contributed by atoms with Gasteiger partial charge in [0.2, 0.25) is 11.8 Å². The Morgan fingerprint density at radius 1 is 1.19 bits per heavy atom. The number of aryl methyl sites for hydroxylation is 2. The fourth-order valence-electron chi connectivity index (χ4n) is 2.38. The number of ether oxygens (including phenoxy) is 3. The molecule has 2 aromatic rings. The first-order valence-electron chi connectivity index (χ1n) is 8.14. The molecule has 2 rings (SSSR count). The Labute approximate surface area is 151 Å². The van der Waals surface area contributed by atoms with Crippen LogP contribution < -0.4 is 14.8 Å². The Hall–Kier alpha value is -3.03. The molecular formula is C18H22N2O6. The van der Waals surface area contributed by atoms with Crippen LogP contribution in [0.25, 0.3) is 0 Å². The lowest BCUT2D eigenvalue weighted by Crippen LogP contribution is -2.15. The van der Waals surface area contributed by atoms with Gasteiger partial charge in [0, 0.05) is 6.42 Å². The second-order valence-corrected chi connectivity index (χ2v) is 5.43. The lowest BCUT2D eigenvalue weighted by Gasteiger charge is -2.09. The molecule has 8 heteroatoms. The minimum Gasteiger partial charge on any atom is -0.493 e. The molecule has 1 aromatic carbocycles. The minimum absolute atomic E-state index is 0.00161. The van der Waals surface area contributed by atoms with Gasteiger partial charge in [-0.1, -0.05) is 11.2 Å². The number of esters is 1. The van der Waals surface area contributed by atoms with Crippen LogP contribution in [0.2, 0.25) is 0 Å². The SMILES string of the molecule is CCOC(=O)c1c(C)noc1NC(=O)CCc1ccc(OC)c(OC)c1. The Balaban J connectivity index is 2.01. The number of methoxy groups -OCH3 is 2. The zero-order valence-electron chi connectivity index (χ0n) is 15.3. The maximum atomic E-state index is 12.2. The first-order chi connectivity index (χ1) is 12.5. The summed E-state index contributed by atoms with van der Waals surface area (Å²) in [5.74, 6) is 0.332. The lowest BCUT2D eigenvalue weighted by atomic mass is 10.1. The van der Waals surface area contributed by atoms with Crippen LogP contribution in [-0.2, 0) is 16.0 Å². The number of carbonyl (C=O) groups excluding carboxylic acids is 2. The summed E-state index contributed by atoms with van der Waals surface area (Å²) in [6, 6.07) is 5.46. The Bertz CT molecular complexity index is 784. The van der Waals surface area contributed by atoms with Gasteiger partial charge in [0.1, 0.15) is 5.56 Å². The van der Waals surface area contributed by atoms with Crippen LogP contribution in [0.1, 0.15) is 35.0 Å². The molecule has 1 amide bonds. The Kier molecular flexibility index (Phi) is 6.60. The number of benzene rings is 1. The van der Waals surface area contributed by atoms with E-state index in [-0.39, 0.29) is 30.4 Å². The Morgan fingerprint density at radius 3 is 2.58 bits per heavy atom. The van der Waals surface area contributed by atoms with Crippen molar-refractivity contribution in [3.8, 4) is 11.5 Å². The van der Waals surface area contributed by atoms with Gasteiger partial charge in [-0.2, -0.15) is 0 Å². The van der Waals surface area contributed by atoms with Crippen LogP contribution in [0.4, 0.5) is 5.88 Å². The van der Waals surface area contributed by atoms with E-state index in [9.17, 15) is 9.59 Å². The van der Waals surface area contributed by atoms with Gasteiger partial charge in [0.15, 0.2) is 11.5 Å². The predicted octanol–water partition coefficient (Wildman–Crippen LogP) is 2.75. The normalized spacial score (nSPS) is 10.3. The monoisotopic (exact) mass is 362 g/mol. The predicted molar refractivity (Wildman–Crippen MR) is 93.7 cm³/mol. The fourth-order valence-corrected chi connectivity index (χ4v) is 2.38. The summed E-state index contributed by atoms with van der Waals surface area (Å²) in [6.07, 6.45) is 0.672. The summed E-state index contributed by atoms with van der Waals surface area (Å²) >= 11 is 0. The second-order valence-electron chi connectivity index (χ2n) is 5.43. The minimum atomic E-state index is -0.582. The zero-order valence-corrected chi connectivity index (χ0v) is 15.3. The van der Waals surface area contributed by atoms with Crippen molar-refractivity contribution < 1.29 is 28.3 Å². The van der Waals surface area contributed by atoms with Gasteiger partial charge in [-0.05, 0) is 38.0 Å². The third-order valence-corrected chi connectivity index (χ3v) is 3.68. The van der Waals surface area contributed by atoms with E-state index in [0.29, 0.717) is 23.6 Å². The standard InChI is InChI=1S/C18H22N2O6/c1-5-25-18(22)16-11(2)20-26-17(16)19-15(21)9-7-12-6-8-13(23-3)14(10-12)24-4/h6,8,10H,5,7,9H2,1-4H3,(H,19,21). The molecule has 0 saturated heterocycles. The number of carbonyl (C=O) groups is 2. The maximum Gasteiger partial charge on any atom is 0.345 e. The summed E-state index contributed by atoms with van der Waals surface area (Å²) < 4.78 is 20.4. The summed E-state index contributed by atoms with van der Waals surface area (Å²) in [6.45, 7) is 3.52. The molecule has 0 radical (unpaired) electrons. The number of nitrogens with one attached hydrogen (secondary N) is 1. The number of anilines is 1. The summed E-state index contributed by atoms with van der Waals surface area (Å²) in [5, 5.41) is 6.28. The van der Waals surface area contributed by atoms with E-state index in [2.05, 4.69) is 10.5 Å². The van der Waals surface area contributed by atoms with Crippen LogP contribution in [0, 0.1) is 6.92 Å². The smallest absolute Gasteiger partial charge is 0.345 e. The van der Waals surface area contributed by atoms with Crippen molar-refractivity contribution in [2.24, 2.45) is 0 Å². The van der Waals surface area contributed by atoms with E-state index in [1.54, 1.807) is 34.1 Å². The first kappa shape index (κ1) is 19.3.